The van der Waals surface area contributed by atoms with Crippen molar-refractivity contribution in [1.82, 2.24) is 4.90 Å². The highest BCUT2D eigenvalue weighted by Gasteiger charge is 2.24. The first kappa shape index (κ1) is 15.6. The van der Waals surface area contributed by atoms with Gasteiger partial charge in [0.25, 0.3) is 0 Å². The number of carboxylic acids is 1. The van der Waals surface area contributed by atoms with Crippen LogP contribution >= 0.6 is 0 Å². The van der Waals surface area contributed by atoms with E-state index in [-0.39, 0.29) is 12.6 Å². The molecule has 0 aliphatic carbocycles. The summed E-state index contributed by atoms with van der Waals surface area (Å²) in [4.78, 5) is 12.6. The van der Waals surface area contributed by atoms with Gasteiger partial charge in [-0.1, -0.05) is 13.0 Å². The van der Waals surface area contributed by atoms with Crippen LogP contribution in [0.15, 0.2) is 18.2 Å². The average Bonchev–Trinajstić information content (AvgIpc) is 2.34. The number of hydrogen-bond donors (Lipinski definition) is 1. The van der Waals surface area contributed by atoms with Crippen LogP contribution in [0.5, 0.6) is 0 Å². The van der Waals surface area contributed by atoms with Crippen molar-refractivity contribution < 1.29 is 18.7 Å². The average molecular weight is 271 g/mol. The standard InChI is InChI=1S/C14H19F2NO2/c1-4-9(2)17(8-14(18)19)10(3)12-6-5-11(15)7-13(12)16/h5-7,9-10H,4,8H2,1-3H3,(H,18,19). The molecule has 1 aromatic carbocycles. The molecule has 0 radical (unpaired) electrons. The third-order valence-electron chi connectivity index (χ3n) is 3.38. The fourth-order valence-electron chi connectivity index (χ4n) is 2.08. The number of hydrogen-bond acceptors (Lipinski definition) is 2. The summed E-state index contributed by atoms with van der Waals surface area (Å²) in [5, 5.41) is 8.94. The number of aliphatic carboxylic acids is 1. The first-order valence-corrected chi connectivity index (χ1v) is 6.29. The van der Waals surface area contributed by atoms with E-state index in [0.717, 1.165) is 12.5 Å². The molecule has 0 heterocycles. The van der Waals surface area contributed by atoms with Gasteiger partial charge < -0.3 is 5.11 Å². The smallest absolute Gasteiger partial charge is 0.317 e. The molecule has 0 spiro atoms. The van der Waals surface area contributed by atoms with Crippen LogP contribution in [0.2, 0.25) is 0 Å². The lowest BCUT2D eigenvalue weighted by molar-refractivity contribution is -0.139. The molecule has 19 heavy (non-hydrogen) atoms. The van der Waals surface area contributed by atoms with Crippen LogP contribution in [0, 0.1) is 11.6 Å². The van der Waals surface area contributed by atoms with E-state index < -0.39 is 23.6 Å². The molecular weight excluding hydrogens is 252 g/mol. The highest BCUT2D eigenvalue weighted by molar-refractivity contribution is 5.69. The van der Waals surface area contributed by atoms with E-state index >= 15 is 0 Å². The summed E-state index contributed by atoms with van der Waals surface area (Å²) < 4.78 is 26.7. The molecule has 1 aromatic rings. The van der Waals surface area contributed by atoms with E-state index in [4.69, 9.17) is 5.11 Å². The highest BCUT2D eigenvalue weighted by Crippen LogP contribution is 2.26. The molecule has 0 aliphatic heterocycles. The van der Waals surface area contributed by atoms with Gasteiger partial charge in [-0.25, -0.2) is 8.78 Å². The largest absolute Gasteiger partial charge is 0.480 e. The second-order valence-corrected chi connectivity index (χ2v) is 4.67. The lowest BCUT2D eigenvalue weighted by atomic mass is 10.0. The maximum absolute atomic E-state index is 13.8. The van der Waals surface area contributed by atoms with Crippen LogP contribution in [0.3, 0.4) is 0 Å². The number of nitrogens with zero attached hydrogens (tertiary/aromatic N) is 1. The molecule has 3 nitrogen and oxygen atoms in total. The predicted octanol–water partition coefficient (Wildman–Crippen LogP) is 3.21. The molecule has 0 aliphatic rings. The normalized spacial score (nSPS) is 14.4. The van der Waals surface area contributed by atoms with Crippen molar-refractivity contribution >= 4 is 5.97 Å². The zero-order chi connectivity index (χ0) is 14.6. The van der Waals surface area contributed by atoms with Crippen molar-refractivity contribution in [2.75, 3.05) is 6.54 Å². The summed E-state index contributed by atoms with van der Waals surface area (Å²) in [5.41, 5.74) is 0.308. The molecule has 106 valence electrons. The molecule has 0 saturated heterocycles. The number of benzene rings is 1. The van der Waals surface area contributed by atoms with E-state index in [1.54, 1.807) is 11.8 Å². The molecule has 0 bridgehead atoms. The van der Waals surface area contributed by atoms with E-state index in [0.29, 0.717) is 5.56 Å². The Hall–Kier alpha value is -1.49. The van der Waals surface area contributed by atoms with Gasteiger partial charge in [-0.3, -0.25) is 9.69 Å². The van der Waals surface area contributed by atoms with Gasteiger partial charge in [0.2, 0.25) is 0 Å². The molecule has 0 aromatic heterocycles. The van der Waals surface area contributed by atoms with Gasteiger partial charge in [0.05, 0.1) is 6.54 Å². The van der Waals surface area contributed by atoms with Gasteiger partial charge in [0, 0.05) is 23.7 Å². The van der Waals surface area contributed by atoms with E-state index in [9.17, 15) is 13.6 Å². The minimum absolute atomic E-state index is 0.00412. The zero-order valence-corrected chi connectivity index (χ0v) is 11.4. The maximum atomic E-state index is 13.8. The van der Waals surface area contributed by atoms with Crippen LogP contribution in [0.25, 0.3) is 0 Å². The van der Waals surface area contributed by atoms with Gasteiger partial charge in [-0.2, -0.15) is 0 Å². The van der Waals surface area contributed by atoms with Gasteiger partial charge in [0.15, 0.2) is 0 Å². The molecular formula is C14H19F2NO2. The van der Waals surface area contributed by atoms with E-state index in [1.165, 1.54) is 12.1 Å². The molecule has 5 heteroatoms. The quantitative estimate of drug-likeness (QED) is 0.863. The number of halogens is 2. The van der Waals surface area contributed by atoms with Crippen molar-refractivity contribution in [3.8, 4) is 0 Å². The Balaban J connectivity index is 3.03. The van der Waals surface area contributed by atoms with Crippen LogP contribution in [-0.4, -0.2) is 28.6 Å². The monoisotopic (exact) mass is 271 g/mol. The minimum Gasteiger partial charge on any atom is -0.480 e. The van der Waals surface area contributed by atoms with Crippen molar-refractivity contribution in [3.63, 3.8) is 0 Å². The Labute approximate surface area is 111 Å². The number of rotatable bonds is 6. The van der Waals surface area contributed by atoms with Gasteiger partial charge in [0.1, 0.15) is 11.6 Å². The van der Waals surface area contributed by atoms with Crippen molar-refractivity contribution in [1.29, 1.82) is 0 Å². The van der Waals surface area contributed by atoms with Gasteiger partial charge >= 0.3 is 5.97 Å². The Bertz CT molecular complexity index is 451. The second kappa shape index (κ2) is 6.61. The van der Waals surface area contributed by atoms with Crippen LogP contribution in [-0.2, 0) is 4.79 Å². The van der Waals surface area contributed by atoms with Gasteiger partial charge in [-0.05, 0) is 26.3 Å². The Morgan fingerprint density at radius 3 is 2.47 bits per heavy atom. The second-order valence-electron chi connectivity index (χ2n) is 4.67. The predicted molar refractivity (Wildman–Crippen MR) is 68.9 cm³/mol. The molecule has 0 amide bonds. The van der Waals surface area contributed by atoms with Crippen molar-refractivity contribution in [2.24, 2.45) is 0 Å². The first-order valence-electron chi connectivity index (χ1n) is 6.29. The fourth-order valence-corrected chi connectivity index (χ4v) is 2.08. The summed E-state index contributed by atoms with van der Waals surface area (Å²) in [6.07, 6.45) is 0.750. The lowest BCUT2D eigenvalue weighted by Crippen LogP contribution is -2.39. The molecule has 2 unspecified atom stereocenters. The Morgan fingerprint density at radius 2 is 2.00 bits per heavy atom. The minimum atomic E-state index is -0.963. The third kappa shape index (κ3) is 3.99. The van der Waals surface area contributed by atoms with E-state index in [2.05, 4.69) is 0 Å². The number of carboxylic acid groups (broad SMARTS) is 1. The third-order valence-corrected chi connectivity index (χ3v) is 3.38. The molecule has 1 rings (SSSR count). The highest BCUT2D eigenvalue weighted by atomic mass is 19.1. The van der Waals surface area contributed by atoms with Crippen LogP contribution in [0.1, 0.15) is 38.8 Å². The van der Waals surface area contributed by atoms with Crippen LogP contribution in [0.4, 0.5) is 8.78 Å². The fraction of sp³-hybridized carbons (Fsp3) is 0.500. The van der Waals surface area contributed by atoms with Crippen molar-refractivity contribution in [3.05, 3.63) is 35.4 Å². The van der Waals surface area contributed by atoms with E-state index in [1.807, 2.05) is 13.8 Å². The SMILES string of the molecule is CCC(C)N(CC(=O)O)C(C)c1ccc(F)cc1F. The molecule has 2 atom stereocenters. The summed E-state index contributed by atoms with van der Waals surface area (Å²) in [6.45, 7) is 5.38. The summed E-state index contributed by atoms with van der Waals surface area (Å²) in [5.74, 6) is -2.25. The topological polar surface area (TPSA) is 40.5 Å². The molecule has 1 N–H and O–H groups in total. The molecule has 0 saturated carbocycles. The van der Waals surface area contributed by atoms with Crippen LogP contribution < -0.4 is 0 Å². The summed E-state index contributed by atoms with van der Waals surface area (Å²) >= 11 is 0. The Kier molecular flexibility index (Phi) is 5.42. The first-order chi connectivity index (χ1) is 8.86. The summed E-state index contributed by atoms with van der Waals surface area (Å²) in [6, 6.07) is 2.94. The zero-order valence-electron chi connectivity index (χ0n) is 11.4. The maximum Gasteiger partial charge on any atom is 0.317 e. The summed E-state index contributed by atoms with van der Waals surface area (Å²) in [7, 11) is 0. The Morgan fingerprint density at radius 1 is 1.37 bits per heavy atom. The lowest BCUT2D eigenvalue weighted by Gasteiger charge is -2.33. The van der Waals surface area contributed by atoms with Crippen molar-refractivity contribution in [2.45, 2.75) is 39.3 Å². The molecule has 0 fully saturated rings. The number of carbonyl (C=O) groups is 1. The van der Waals surface area contributed by atoms with Gasteiger partial charge in [-0.15, -0.1) is 0 Å².